The molecule has 0 aromatic heterocycles. The van der Waals surface area contributed by atoms with E-state index in [1.54, 1.807) is 0 Å². The Balaban J connectivity index is 2.11. The highest BCUT2D eigenvalue weighted by Gasteiger charge is 2.12. The SMILES string of the molecule is O=C(O)C(=O)CCCc1ccc2ccccc2c1O. The van der Waals surface area contributed by atoms with Crippen LogP contribution in [0.25, 0.3) is 10.8 Å². The van der Waals surface area contributed by atoms with Crippen LogP contribution in [0.1, 0.15) is 18.4 Å². The molecule has 0 aliphatic heterocycles. The van der Waals surface area contributed by atoms with Crippen LogP contribution in [0, 0.1) is 0 Å². The first-order valence-corrected chi connectivity index (χ1v) is 6.05. The smallest absolute Gasteiger partial charge is 0.372 e. The summed E-state index contributed by atoms with van der Waals surface area (Å²) in [6.45, 7) is 0. The van der Waals surface area contributed by atoms with Gasteiger partial charge < -0.3 is 10.2 Å². The molecule has 0 saturated heterocycles. The molecule has 4 heteroatoms. The van der Waals surface area contributed by atoms with E-state index < -0.39 is 11.8 Å². The van der Waals surface area contributed by atoms with Crippen molar-refractivity contribution in [1.29, 1.82) is 0 Å². The average molecular weight is 258 g/mol. The van der Waals surface area contributed by atoms with Crippen molar-refractivity contribution in [3.8, 4) is 5.75 Å². The Hall–Kier alpha value is -2.36. The molecule has 0 bridgehead atoms. The van der Waals surface area contributed by atoms with Crippen LogP contribution in [0.5, 0.6) is 5.75 Å². The first-order chi connectivity index (χ1) is 9.09. The van der Waals surface area contributed by atoms with Crippen molar-refractivity contribution in [3.63, 3.8) is 0 Å². The number of fused-ring (bicyclic) bond motifs is 1. The Kier molecular flexibility index (Phi) is 3.80. The van der Waals surface area contributed by atoms with Gasteiger partial charge in [0.1, 0.15) is 5.75 Å². The topological polar surface area (TPSA) is 74.6 Å². The summed E-state index contributed by atoms with van der Waals surface area (Å²) in [5.74, 6) is -1.98. The average Bonchev–Trinajstić information content (AvgIpc) is 2.41. The third-order valence-corrected chi connectivity index (χ3v) is 3.07. The summed E-state index contributed by atoms with van der Waals surface area (Å²) in [7, 11) is 0. The largest absolute Gasteiger partial charge is 0.507 e. The summed E-state index contributed by atoms with van der Waals surface area (Å²) in [6, 6.07) is 11.2. The molecule has 0 heterocycles. The van der Waals surface area contributed by atoms with Crippen LogP contribution in [-0.2, 0) is 16.0 Å². The highest BCUT2D eigenvalue weighted by molar-refractivity contribution is 6.32. The second-order valence-electron chi connectivity index (χ2n) is 4.38. The molecule has 98 valence electrons. The minimum atomic E-state index is -1.40. The number of aryl methyl sites for hydroxylation is 1. The summed E-state index contributed by atoms with van der Waals surface area (Å²) >= 11 is 0. The fraction of sp³-hybridized carbons (Fsp3) is 0.200. The van der Waals surface area contributed by atoms with Gasteiger partial charge >= 0.3 is 5.97 Å². The number of ketones is 1. The Morgan fingerprint density at radius 2 is 1.79 bits per heavy atom. The number of aliphatic carboxylic acids is 1. The molecule has 4 nitrogen and oxygen atoms in total. The maximum atomic E-state index is 11.0. The van der Waals surface area contributed by atoms with E-state index in [1.807, 2.05) is 36.4 Å². The monoisotopic (exact) mass is 258 g/mol. The van der Waals surface area contributed by atoms with E-state index in [1.165, 1.54) is 0 Å². The van der Waals surface area contributed by atoms with E-state index in [4.69, 9.17) is 5.11 Å². The van der Waals surface area contributed by atoms with Crippen LogP contribution in [0.4, 0.5) is 0 Å². The minimum absolute atomic E-state index is 0.0123. The van der Waals surface area contributed by atoms with Crippen molar-refractivity contribution in [1.82, 2.24) is 0 Å². The Morgan fingerprint density at radius 1 is 1.05 bits per heavy atom. The predicted molar refractivity (Wildman–Crippen MR) is 71.2 cm³/mol. The van der Waals surface area contributed by atoms with Crippen molar-refractivity contribution in [2.24, 2.45) is 0 Å². The standard InChI is InChI=1S/C15H14O4/c16-13(15(18)19)7-3-5-11-9-8-10-4-1-2-6-12(10)14(11)17/h1-2,4,6,8-9,17H,3,5,7H2,(H,18,19). The van der Waals surface area contributed by atoms with Crippen LogP contribution < -0.4 is 0 Å². The molecule has 0 fully saturated rings. The maximum absolute atomic E-state index is 11.0. The molecule has 2 aromatic carbocycles. The number of carbonyl (C=O) groups is 2. The van der Waals surface area contributed by atoms with Gasteiger partial charge in [0.2, 0.25) is 5.78 Å². The Morgan fingerprint density at radius 3 is 2.53 bits per heavy atom. The van der Waals surface area contributed by atoms with Crippen LogP contribution in [-0.4, -0.2) is 22.0 Å². The van der Waals surface area contributed by atoms with E-state index in [0.29, 0.717) is 12.8 Å². The third kappa shape index (κ3) is 2.91. The molecule has 0 amide bonds. The fourth-order valence-electron chi connectivity index (χ4n) is 2.05. The maximum Gasteiger partial charge on any atom is 0.372 e. The number of carboxylic acids is 1. The fourth-order valence-corrected chi connectivity index (χ4v) is 2.05. The van der Waals surface area contributed by atoms with E-state index in [-0.39, 0.29) is 12.2 Å². The third-order valence-electron chi connectivity index (χ3n) is 3.07. The lowest BCUT2D eigenvalue weighted by Crippen LogP contribution is -2.12. The van der Waals surface area contributed by atoms with Gasteiger partial charge in [-0.05, 0) is 23.8 Å². The first-order valence-electron chi connectivity index (χ1n) is 6.05. The highest BCUT2D eigenvalue weighted by Crippen LogP contribution is 2.29. The second kappa shape index (κ2) is 5.52. The first kappa shape index (κ1) is 13.1. The van der Waals surface area contributed by atoms with Crippen molar-refractivity contribution in [3.05, 3.63) is 42.0 Å². The number of benzene rings is 2. The zero-order valence-corrected chi connectivity index (χ0v) is 10.3. The Labute approximate surface area is 110 Å². The van der Waals surface area contributed by atoms with Crippen LogP contribution in [0.3, 0.4) is 0 Å². The highest BCUT2D eigenvalue weighted by atomic mass is 16.4. The van der Waals surface area contributed by atoms with E-state index in [2.05, 4.69) is 0 Å². The number of carboxylic acid groups (broad SMARTS) is 1. The van der Waals surface area contributed by atoms with Gasteiger partial charge in [0.05, 0.1) is 0 Å². The number of carbonyl (C=O) groups excluding carboxylic acids is 1. The molecular formula is C15H14O4. The van der Waals surface area contributed by atoms with Crippen molar-refractivity contribution in [2.45, 2.75) is 19.3 Å². The van der Waals surface area contributed by atoms with Crippen molar-refractivity contribution >= 4 is 22.5 Å². The molecule has 2 aromatic rings. The predicted octanol–water partition coefficient (Wildman–Crippen LogP) is 2.52. The number of rotatable bonds is 5. The second-order valence-corrected chi connectivity index (χ2v) is 4.38. The van der Waals surface area contributed by atoms with Gasteiger partial charge in [0.15, 0.2) is 0 Å². The summed E-state index contributed by atoms with van der Waals surface area (Å²) in [5, 5.41) is 20.3. The lowest BCUT2D eigenvalue weighted by Gasteiger charge is -2.07. The summed E-state index contributed by atoms with van der Waals surface area (Å²) < 4.78 is 0. The number of Topliss-reactive ketones (excluding diaryl/α,β-unsaturated/α-hetero) is 1. The van der Waals surface area contributed by atoms with E-state index in [9.17, 15) is 14.7 Å². The Bertz CT molecular complexity index is 631. The quantitative estimate of drug-likeness (QED) is 0.808. The van der Waals surface area contributed by atoms with E-state index >= 15 is 0 Å². The molecule has 0 radical (unpaired) electrons. The van der Waals surface area contributed by atoms with Crippen molar-refractivity contribution < 1.29 is 19.8 Å². The van der Waals surface area contributed by atoms with Gasteiger partial charge in [-0.25, -0.2) is 4.79 Å². The summed E-state index contributed by atoms with van der Waals surface area (Å²) in [6.07, 6.45) is 0.883. The number of aromatic hydroxyl groups is 1. The van der Waals surface area contributed by atoms with Gasteiger partial charge in [-0.2, -0.15) is 0 Å². The van der Waals surface area contributed by atoms with Crippen LogP contribution >= 0.6 is 0 Å². The molecule has 2 N–H and O–H groups in total. The van der Waals surface area contributed by atoms with Gasteiger partial charge in [0.25, 0.3) is 0 Å². The lowest BCUT2D eigenvalue weighted by atomic mass is 10.0. The number of phenolic OH excluding ortho intramolecular Hbond substituents is 1. The van der Waals surface area contributed by atoms with Gasteiger partial charge in [-0.1, -0.05) is 36.4 Å². The molecule has 0 aliphatic carbocycles. The molecule has 0 aliphatic rings. The summed E-state index contributed by atoms with van der Waals surface area (Å²) in [5.41, 5.74) is 0.733. The number of phenols is 1. The van der Waals surface area contributed by atoms with Crippen LogP contribution in [0.15, 0.2) is 36.4 Å². The zero-order valence-electron chi connectivity index (χ0n) is 10.3. The van der Waals surface area contributed by atoms with Crippen LogP contribution in [0.2, 0.25) is 0 Å². The van der Waals surface area contributed by atoms with E-state index in [0.717, 1.165) is 16.3 Å². The van der Waals surface area contributed by atoms with Crippen molar-refractivity contribution in [2.75, 3.05) is 0 Å². The normalized spacial score (nSPS) is 10.5. The van der Waals surface area contributed by atoms with Gasteiger partial charge in [-0.15, -0.1) is 0 Å². The molecule has 19 heavy (non-hydrogen) atoms. The molecule has 0 saturated carbocycles. The molecule has 0 spiro atoms. The number of hydrogen-bond donors (Lipinski definition) is 2. The zero-order chi connectivity index (χ0) is 13.8. The van der Waals surface area contributed by atoms with Gasteiger partial charge in [0, 0.05) is 11.8 Å². The summed E-state index contributed by atoms with van der Waals surface area (Å²) in [4.78, 5) is 21.4. The lowest BCUT2D eigenvalue weighted by molar-refractivity contribution is -0.149. The van der Waals surface area contributed by atoms with Gasteiger partial charge in [-0.3, -0.25) is 4.79 Å². The minimum Gasteiger partial charge on any atom is -0.507 e. The molecule has 2 rings (SSSR count). The molecule has 0 atom stereocenters. The molecular weight excluding hydrogens is 244 g/mol. The number of hydrogen-bond acceptors (Lipinski definition) is 3. The molecule has 0 unspecified atom stereocenters.